The quantitative estimate of drug-likeness (QED) is 0.0135. The van der Waals surface area contributed by atoms with Crippen LogP contribution in [0.1, 0.15) is 155 Å². The Balaban J connectivity index is 4.63. The maximum absolute atomic E-state index is 12.6. The molecule has 0 rings (SSSR count). The summed E-state index contributed by atoms with van der Waals surface area (Å²) in [6.45, 7) is 2.50. The molecule has 4 N–H and O–H groups in total. The number of ether oxygens (including phenoxy) is 2. The average Bonchev–Trinajstić information content (AvgIpc) is 3.14. The standard InChI is InChI=1S/C41H70NO11P/c1-3-5-7-9-11-13-15-17-18-20-22-24-26-29-36(43)30-28-32-40(45)53-37(34-51-54(48,49)52-35-38(42)41(46)47)33-50-39(44)31-27-25-23-21-19-16-14-12-10-8-6-4-2/h11,13,17-18,22,24,26,29,37-38H,3-10,12,14-16,19-21,23,25,27-28,30-35,42H2,1-2H3,(H,46,47)(H,48,49)/b13-11-,18-17-,24-22-,29-26+/t37-,38+/m1/s1. The van der Waals surface area contributed by atoms with Crippen LogP contribution in [-0.4, -0.2) is 65.7 Å². The molecule has 3 atom stereocenters. The third-order valence-corrected chi connectivity index (χ3v) is 9.26. The highest BCUT2D eigenvalue weighted by Gasteiger charge is 2.28. The lowest BCUT2D eigenvalue weighted by molar-refractivity contribution is -0.161. The number of hydrogen-bond donors (Lipinski definition) is 3. The molecule has 0 radical (unpaired) electrons. The van der Waals surface area contributed by atoms with E-state index < -0.39 is 57.7 Å². The number of carboxylic acid groups (broad SMARTS) is 1. The molecule has 310 valence electrons. The van der Waals surface area contributed by atoms with Gasteiger partial charge in [0.05, 0.1) is 13.2 Å². The fraction of sp³-hybridized carbons (Fsp3) is 0.707. The molecule has 0 aliphatic carbocycles. The van der Waals surface area contributed by atoms with Crippen LogP contribution < -0.4 is 5.73 Å². The molecule has 1 unspecified atom stereocenters. The summed E-state index contributed by atoms with van der Waals surface area (Å²) < 4.78 is 32.4. The molecule has 0 aromatic carbocycles. The predicted molar refractivity (Wildman–Crippen MR) is 213 cm³/mol. The maximum atomic E-state index is 12.6. The van der Waals surface area contributed by atoms with Crippen LogP contribution in [0.4, 0.5) is 0 Å². The minimum atomic E-state index is -4.78. The van der Waals surface area contributed by atoms with Gasteiger partial charge in [0, 0.05) is 19.3 Å². The number of aliphatic carboxylic acids is 1. The fourth-order valence-corrected chi connectivity index (χ4v) is 5.85. The summed E-state index contributed by atoms with van der Waals surface area (Å²) in [4.78, 5) is 58.0. The summed E-state index contributed by atoms with van der Waals surface area (Å²) in [5.41, 5.74) is 5.30. The summed E-state index contributed by atoms with van der Waals surface area (Å²) in [5, 5.41) is 8.86. The van der Waals surface area contributed by atoms with Gasteiger partial charge in [0.1, 0.15) is 12.6 Å². The van der Waals surface area contributed by atoms with Crippen LogP contribution in [0.2, 0.25) is 0 Å². The van der Waals surface area contributed by atoms with Gasteiger partial charge in [-0.2, -0.15) is 0 Å². The first-order valence-electron chi connectivity index (χ1n) is 20.1. The van der Waals surface area contributed by atoms with E-state index in [4.69, 9.17) is 24.8 Å². The number of allylic oxidation sites excluding steroid dienone is 8. The van der Waals surface area contributed by atoms with E-state index in [0.717, 1.165) is 38.5 Å². The van der Waals surface area contributed by atoms with E-state index >= 15 is 0 Å². The summed E-state index contributed by atoms with van der Waals surface area (Å²) in [5.74, 6) is -2.83. The summed E-state index contributed by atoms with van der Waals surface area (Å²) >= 11 is 0. The van der Waals surface area contributed by atoms with E-state index in [-0.39, 0.29) is 31.5 Å². The van der Waals surface area contributed by atoms with Gasteiger partial charge in [-0.1, -0.05) is 140 Å². The Morgan fingerprint density at radius 1 is 0.630 bits per heavy atom. The van der Waals surface area contributed by atoms with Crippen molar-refractivity contribution in [3.63, 3.8) is 0 Å². The van der Waals surface area contributed by atoms with Crippen LogP contribution in [-0.2, 0) is 42.3 Å². The molecular formula is C41H70NO11P. The number of carbonyl (C=O) groups excluding carboxylic acids is 3. The van der Waals surface area contributed by atoms with Gasteiger partial charge in [0.25, 0.3) is 0 Å². The van der Waals surface area contributed by atoms with E-state index in [1.54, 1.807) is 12.2 Å². The van der Waals surface area contributed by atoms with E-state index in [1.807, 2.05) is 6.08 Å². The maximum Gasteiger partial charge on any atom is 0.472 e. The van der Waals surface area contributed by atoms with Crippen molar-refractivity contribution in [2.24, 2.45) is 5.73 Å². The monoisotopic (exact) mass is 783 g/mol. The minimum absolute atomic E-state index is 0.0998. The summed E-state index contributed by atoms with van der Waals surface area (Å²) in [7, 11) is -4.78. The molecule has 0 saturated heterocycles. The average molecular weight is 784 g/mol. The molecule has 0 aliphatic rings. The van der Waals surface area contributed by atoms with E-state index in [0.29, 0.717) is 6.42 Å². The Bertz CT molecular complexity index is 1170. The highest BCUT2D eigenvalue weighted by atomic mass is 31.2. The van der Waals surface area contributed by atoms with Crippen LogP contribution in [0.15, 0.2) is 48.6 Å². The normalized spacial score (nSPS) is 14.2. The van der Waals surface area contributed by atoms with Gasteiger partial charge in [-0.15, -0.1) is 0 Å². The van der Waals surface area contributed by atoms with Crippen LogP contribution in [0.3, 0.4) is 0 Å². The number of rotatable bonds is 37. The smallest absolute Gasteiger partial charge is 0.472 e. The highest BCUT2D eigenvalue weighted by Crippen LogP contribution is 2.43. The topological polar surface area (TPSA) is 189 Å². The van der Waals surface area contributed by atoms with Crippen LogP contribution in [0.5, 0.6) is 0 Å². The Hall–Kier alpha value is -2.89. The van der Waals surface area contributed by atoms with Gasteiger partial charge in [-0.3, -0.25) is 28.2 Å². The number of hydrogen-bond acceptors (Lipinski definition) is 10. The zero-order valence-electron chi connectivity index (χ0n) is 33.0. The SMILES string of the molecule is CCCCC/C=C\C/C=C\C/C=C\C=C\C(=O)CCCC(=O)O[C@H](COC(=O)CCCCCCCCCCCCCC)COP(=O)(O)OC[C@H](N)C(=O)O. The van der Waals surface area contributed by atoms with Crippen LogP contribution in [0.25, 0.3) is 0 Å². The molecule has 13 heteroatoms. The van der Waals surface area contributed by atoms with E-state index in [9.17, 15) is 28.6 Å². The predicted octanol–water partition coefficient (Wildman–Crippen LogP) is 9.40. The van der Waals surface area contributed by atoms with Gasteiger partial charge < -0.3 is 25.2 Å². The summed E-state index contributed by atoms with van der Waals surface area (Å²) in [6, 6.07) is -1.56. The number of ketones is 1. The molecule has 0 fully saturated rings. The van der Waals surface area contributed by atoms with E-state index in [1.165, 1.54) is 76.7 Å². The third-order valence-electron chi connectivity index (χ3n) is 8.31. The van der Waals surface area contributed by atoms with Crippen molar-refractivity contribution in [2.75, 3.05) is 19.8 Å². The fourth-order valence-electron chi connectivity index (χ4n) is 5.08. The van der Waals surface area contributed by atoms with Crippen molar-refractivity contribution in [2.45, 2.75) is 167 Å². The molecule has 0 saturated carbocycles. The number of unbranched alkanes of at least 4 members (excludes halogenated alkanes) is 14. The molecule has 54 heavy (non-hydrogen) atoms. The number of carbonyl (C=O) groups is 4. The largest absolute Gasteiger partial charge is 0.480 e. The Morgan fingerprint density at radius 3 is 1.80 bits per heavy atom. The van der Waals surface area contributed by atoms with Gasteiger partial charge in [0.15, 0.2) is 11.9 Å². The number of phosphoric ester groups is 1. The van der Waals surface area contributed by atoms with Crippen molar-refractivity contribution in [1.82, 2.24) is 0 Å². The third kappa shape index (κ3) is 34.9. The van der Waals surface area contributed by atoms with Gasteiger partial charge >= 0.3 is 25.7 Å². The van der Waals surface area contributed by atoms with Gasteiger partial charge in [-0.25, -0.2) is 4.57 Å². The number of phosphoric acid groups is 1. The zero-order valence-corrected chi connectivity index (χ0v) is 33.9. The first-order valence-corrected chi connectivity index (χ1v) is 21.6. The lowest BCUT2D eigenvalue weighted by atomic mass is 10.0. The Kier molecular flexibility index (Phi) is 33.9. The second-order valence-electron chi connectivity index (χ2n) is 13.5. The molecule has 0 aliphatic heterocycles. The van der Waals surface area contributed by atoms with Crippen molar-refractivity contribution < 1.29 is 52.3 Å². The van der Waals surface area contributed by atoms with Gasteiger partial charge in [0.2, 0.25) is 0 Å². The molecule has 0 heterocycles. The van der Waals surface area contributed by atoms with E-state index in [2.05, 4.69) is 42.7 Å². The Labute approximate surface area is 324 Å². The molecule has 0 spiro atoms. The van der Waals surface area contributed by atoms with Crippen LogP contribution >= 0.6 is 7.82 Å². The number of esters is 2. The van der Waals surface area contributed by atoms with Crippen LogP contribution in [0, 0.1) is 0 Å². The second-order valence-corrected chi connectivity index (χ2v) is 14.9. The molecule has 0 aromatic heterocycles. The molecule has 0 aromatic rings. The lowest BCUT2D eigenvalue weighted by Crippen LogP contribution is -2.34. The first kappa shape index (κ1) is 51.1. The van der Waals surface area contributed by atoms with Crippen molar-refractivity contribution in [1.29, 1.82) is 0 Å². The number of nitrogens with two attached hydrogens (primary N) is 1. The van der Waals surface area contributed by atoms with Crippen molar-refractivity contribution in [3.8, 4) is 0 Å². The zero-order chi connectivity index (χ0) is 40.1. The second kappa shape index (κ2) is 35.8. The molecule has 12 nitrogen and oxygen atoms in total. The highest BCUT2D eigenvalue weighted by molar-refractivity contribution is 7.47. The van der Waals surface area contributed by atoms with Gasteiger partial charge in [-0.05, 0) is 44.6 Å². The number of carboxylic acids is 1. The lowest BCUT2D eigenvalue weighted by Gasteiger charge is -2.20. The minimum Gasteiger partial charge on any atom is -0.480 e. The molecule has 0 amide bonds. The van der Waals surface area contributed by atoms with Crippen molar-refractivity contribution >= 4 is 31.5 Å². The summed E-state index contributed by atoms with van der Waals surface area (Å²) in [6.07, 6.45) is 34.8. The van der Waals surface area contributed by atoms with Crippen molar-refractivity contribution in [3.05, 3.63) is 48.6 Å². The molecule has 0 bridgehead atoms. The first-order chi connectivity index (χ1) is 26.0. The Morgan fingerprint density at radius 2 is 1.17 bits per heavy atom. The molecular weight excluding hydrogens is 713 g/mol.